The van der Waals surface area contributed by atoms with Crippen molar-refractivity contribution in [2.75, 3.05) is 113 Å². The largest absolute Gasteiger partial charge is 0.382 e. The lowest BCUT2D eigenvalue weighted by Crippen LogP contribution is -2.47. The Bertz CT molecular complexity index is 1010. The highest BCUT2D eigenvalue weighted by molar-refractivity contribution is 5.54. The lowest BCUT2D eigenvalue weighted by Gasteiger charge is -2.44. The second kappa shape index (κ2) is 18.7. The lowest BCUT2D eigenvalue weighted by molar-refractivity contribution is -0.0238. The Morgan fingerprint density at radius 1 is 0.571 bits per heavy atom. The van der Waals surface area contributed by atoms with Crippen molar-refractivity contribution in [3.05, 3.63) is 70.8 Å². The molecule has 0 aliphatic carbocycles. The number of hydrogen-bond acceptors (Lipinski definition) is 9. The van der Waals surface area contributed by atoms with Crippen LogP contribution in [0.4, 0.5) is 0 Å². The van der Waals surface area contributed by atoms with Gasteiger partial charge in [0.15, 0.2) is 0 Å². The van der Waals surface area contributed by atoms with Crippen molar-refractivity contribution in [2.24, 2.45) is 0 Å². The molecule has 9 nitrogen and oxygen atoms in total. The van der Waals surface area contributed by atoms with E-state index in [0.29, 0.717) is 105 Å². The molecule has 2 aromatic carbocycles. The third kappa shape index (κ3) is 9.29. The molecule has 0 N–H and O–H groups in total. The van der Waals surface area contributed by atoms with E-state index in [-0.39, 0.29) is 5.54 Å². The van der Waals surface area contributed by atoms with Crippen LogP contribution in [0.2, 0.25) is 0 Å². The molecule has 2 bridgehead atoms. The van der Waals surface area contributed by atoms with Crippen molar-refractivity contribution >= 4 is 0 Å². The molecule has 0 unspecified atom stereocenters. The molecule has 0 radical (unpaired) electrons. The van der Waals surface area contributed by atoms with E-state index in [4.69, 9.17) is 37.9 Å². The van der Waals surface area contributed by atoms with Gasteiger partial charge in [-0.15, -0.1) is 0 Å². The fourth-order valence-corrected chi connectivity index (χ4v) is 5.87. The van der Waals surface area contributed by atoms with Gasteiger partial charge in [-0.25, -0.2) is 0 Å². The first-order chi connectivity index (χ1) is 20.8. The molecule has 2 heterocycles. The Morgan fingerprint density at radius 2 is 1.00 bits per heavy atom. The van der Waals surface area contributed by atoms with Gasteiger partial charge in [0, 0.05) is 19.7 Å². The van der Waals surface area contributed by atoms with Crippen molar-refractivity contribution in [2.45, 2.75) is 24.9 Å². The van der Waals surface area contributed by atoms with E-state index in [2.05, 4.69) is 60.4 Å². The molecule has 4 rings (SSSR count). The van der Waals surface area contributed by atoms with Gasteiger partial charge in [0.2, 0.25) is 0 Å². The quantitative estimate of drug-likeness (QED) is 0.171. The van der Waals surface area contributed by atoms with Crippen LogP contribution in [0, 0.1) is 0 Å². The van der Waals surface area contributed by atoms with Gasteiger partial charge in [-0.3, -0.25) is 4.90 Å². The molecule has 2 aliphatic rings. The molecular formula is C33H49NO8. The summed E-state index contributed by atoms with van der Waals surface area (Å²) >= 11 is 0. The number of hydrogen-bond donors (Lipinski definition) is 0. The van der Waals surface area contributed by atoms with Crippen molar-refractivity contribution in [1.82, 2.24) is 4.90 Å². The summed E-state index contributed by atoms with van der Waals surface area (Å²) in [4.78, 5) is 2.63. The molecule has 42 heavy (non-hydrogen) atoms. The van der Waals surface area contributed by atoms with Crippen LogP contribution in [0.15, 0.2) is 48.5 Å². The van der Waals surface area contributed by atoms with E-state index < -0.39 is 0 Å². The minimum Gasteiger partial charge on any atom is -0.382 e. The number of benzene rings is 2. The first-order valence-corrected chi connectivity index (χ1v) is 15.2. The van der Waals surface area contributed by atoms with E-state index in [1.165, 1.54) is 22.3 Å². The fourth-order valence-electron chi connectivity index (χ4n) is 5.87. The molecule has 234 valence electrons. The van der Waals surface area contributed by atoms with Gasteiger partial charge < -0.3 is 37.9 Å². The monoisotopic (exact) mass is 587 g/mol. The Labute approximate surface area is 251 Å². The van der Waals surface area contributed by atoms with Crippen LogP contribution >= 0.6 is 0 Å². The summed E-state index contributed by atoms with van der Waals surface area (Å²) in [5.74, 6) is 0. The van der Waals surface area contributed by atoms with E-state index in [1.807, 2.05) is 0 Å². The highest BCUT2D eigenvalue weighted by atomic mass is 16.6. The fraction of sp³-hybridized carbons (Fsp3) is 0.636. The maximum absolute atomic E-state index is 5.97. The maximum Gasteiger partial charge on any atom is 0.0701 e. The van der Waals surface area contributed by atoms with E-state index >= 15 is 0 Å². The normalized spacial score (nSPS) is 19.2. The van der Waals surface area contributed by atoms with E-state index in [9.17, 15) is 0 Å². The summed E-state index contributed by atoms with van der Waals surface area (Å²) < 4.78 is 43.9. The molecule has 9 heteroatoms. The molecule has 2 aromatic rings. The van der Waals surface area contributed by atoms with Crippen LogP contribution < -0.4 is 0 Å². The highest BCUT2D eigenvalue weighted by Crippen LogP contribution is 2.55. The van der Waals surface area contributed by atoms with Crippen LogP contribution in [0.5, 0.6) is 0 Å². The van der Waals surface area contributed by atoms with Gasteiger partial charge >= 0.3 is 0 Å². The first-order valence-electron chi connectivity index (χ1n) is 15.2. The summed E-state index contributed by atoms with van der Waals surface area (Å²) in [5.41, 5.74) is 5.66. The van der Waals surface area contributed by atoms with Crippen molar-refractivity contribution in [3.8, 4) is 0 Å². The molecule has 0 amide bonds. The van der Waals surface area contributed by atoms with Gasteiger partial charge in [0.25, 0.3) is 0 Å². The number of rotatable bonds is 24. The standard InChI is InChI=1S/C33H49NO8/c1-33-30-9-5-3-7-28(30)27-32(29-8-4-6-10-31(29)33)34(33)11-12-36-15-16-38-19-20-40-23-24-42-26-25-41-22-21-39-18-17-37-14-13-35-2/h3-10,32H,11-27H2,1-2H3/t32-,33+/m1/s1. The summed E-state index contributed by atoms with van der Waals surface area (Å²) in [6, 6.07) is 18.2. The number of methoxy groups -OCH3 is 1. The minimum absolute atomic E-state index is 0.112. The third-order valence-corrected chi connectivity index (χ3v) is 7.89. The SMILES string of the molecule is COCCOCCOCCOCCOCCOCCOCCOCCN1[C@@H]2Cc3ccccc3[C@@]1(C)c1ccccc12. The van der Waals surface area contributed by atoms with Crippen LogP contribution in [-0.4, -0.2) is 118 Å². The summed E-state index contributed by atoms with van der Waals surface area (Å²) in [5, 5.41) is 0. The second-order valence-corrected chi connectivity index (χ2v) is 10.5. The zero-order valence-electron chi connectivity index (χ0n) is 25.4. The van der Waals surface area contributed by atoms with Gasteiger partial charge in [0.05, 0.1) is 105 Å². The third-order valence-electron chi connectivity index (χ3n) is 7.89. The molecule has 0 aromatic heterocycles. The van der Waals surface area contributed by atoms with Crippen molar-refractivity contribution in [1.29, 1.82) is 0 Å². The summed E-state index contributed by atoms with van der Waals surface area (Å²) in [6.07, 6.45) is 1.05. The summed E-state index contributed by atoms with van der Waals surface area (Å²) in [6.45, 7) is 11.7. The Morgan fingerprint density at radius 3 is 1.52 bits per heavy atom. The van der Waals surface area contributed by atoms with Crippen molar-refractivity contribution < 1.29 is 37.9 Å². The zero-order valence-corrected chi connectivity index (χ0v) is 25.4. The van der Waals surface area contributed by atoms with Crippen LogP contribution in [-0.2, 0) is 49.9 Å². The van der Waals surface area contributed by atoms with Crippen LogP contribution in [0.3, 0.4) is 0 Å². The van der Waals surface area contributed by atoms with Gasteiger partial charge in [0.1, 0.15) is 0 Å². The first kappa shape index (κ1) is 33.0. The van der Waals surface area contributed by atoms with Crippen LogP contribution in [0.25, 0.3) is 0 Å². The lowest BCUT2D eigenvalue weighted by atomic mass is 9.80. The number of fused-ring (bicyclic) bond motifs is 7. The molecular weight excluding hydrogens is 538 g/mol. The van der Waals surface area contributed by atoms with Crippen molar-refractivity contribution in [3.63, 3.8) is 0 Å². The smallest absolute Gasteiger partial charge is 0.0701 e. The van der Waals surface area contributed by atoms with Gasteiger partial charge in [-0.05, 0) is 35.6 Å². The minimum atomic E-state index is -0.112. The van der Waals surface area contributed by atoms with E-state index in [1.54, 1.807) is 7.11 Å². The number of nitrogens with zero attached hydrogens (tertiary/aromatic N) is 1. The average molecular weight is 588 g/mol. The zero-order chi connectivity index (χ0) is 29.3. The highest BCUT2D eigenvalue weighted by Gasteiger charge is 2.51. The molecule has 2 atom stereocenters. The Hall–Kier alpha value is -1.92. The molecule has 0 saturated heterocycles. The Balaban J connectivity index is 0.949. The summed E-state index contributed by atoms with van der Waals surface area (Å²) in [7, 11) is 1.65. The van der Waals surface area contributed by atoms with Gasteiger partial charge in [-0.1, -0.05) is 48.5 Å². The Kier molecular flexibility index (Phi) is 14.7. The predicted octanol–water partition coefficient (Wildman–Crippen LogP) is 3.63. The maximum atomic E-state index is 5.97. The topological polar surface area (TPSA) is 77.1 Å². The molecule has 0 saturated carbocycles. The second-order valence-electron chi connectivity index (χ2n) is 10.5. The predicted molar refractivity (Wildman–Crippen MR) is 160 cm³/mol. The molecule has 2 aliphatic heterocycles. The van der Waals surface area contributed by atoms with E-state index in [0.717, 1.165) is 13.0 Å². The van der Waals surface area contributed by atoms with Gasteiger partial charge in [-0.2, -0.15) is 0 Å². The molecule has 0 fully saturated rings. The number of ether oxygens (including phenoxy) is 8. The van der Waals surface area contributed by atoms with Crippen LogP contribution in [0.1, 0.15) is 35.2 Å². The molecule has 0 spiro atoms. The average Bonchev–Trinajstić information content (AvgIpc) is 3.18.